The number of ether oxygens (including phenoxy) is 1. The third-order valence-corrected chi connectivity index (χ3v) is 6.73. The number of aliphatic hydroxyl groups is 1. The highest BCUT2D eigenvalue weighted by atomic mass is 19.3. The van der Waals surface area contributed by atoms with Crippen LogP contribution in [0, 0.1) is 5.92 Å². The number of amides is 1. The van der Waals surface area contributed by atoms with Crippen molar-refractivity contribution in [2.45, 2.75) is 63.5 Å². The van der Waals surface area contributed by atoms with E-state index < -0.39 is 17.5 Å². The maximum absolute atomic E-state index is 13.8. The van der Waals surface area contributed by atoms with E-state index in [4.69, 9.17) is 9.84 Å². The fourth-order valence-electron chi connectivity index (χ4n) is 4.48. The molecule has 2 aliphatic carbocycles. The number of fused-ring (bicyclic) bond motifs is 1. The zero-order valence-corrected chi connectivity index (χ0v) is 19.5. The molecule has 0 atom stereocenters. The zero-order chi connectivity index (χ0) is 24.7. The first kappa shape index (κ1) is 23.5. The summed E-state index contributed by atoms with van der Waals surface area (Å²) in [4.78, 5) is 13.0. The van der Waals surface area contributed by atoms with Gasteiger partial charge in [-0.1, -0.05) is 0 Å². The largest absolute Gasteiger partial charge is 0.491 e. The fraction of sp³-hybridized carbons (Fsp3) is 0.480. The van der Waals surface area contributed by atoms with Crippen molar-refractivity contribution in [1.29, 1.82) is 0 Å². The molecule has 0 spiro atoms. The molecule has 5 rings (SSSR count). The summed E-state index contributed by atoms with van der Waals surface area (Å²) in [6.45, 7) is 1.16. The van der Waals surface area contributed by atoms with E-state index in [1.54, 1.807) is 12.1 Å². The number of hydrogen-bond acceptors (Lipinski definition) is 5. The lowest BCUT2D eigenvalue weighted by atomic mass is 9.93. The first-order valence-corrected chi connectivity index (χ1v) is 12.0. The van der Waals surface area contributed by atoms with Crippen molar-refractivity contribution in [1.82, 2.24) is 9.78 Å². The van der Waals surface area contributed by atoms with Crippen LogP contribution in [0.1, 0.15) is 67.7 Å². The molecule has 0 radical (unpaired) electrons. The van der Waals surface area contributed by atoms with Gasteiger partial charge in [0.1, 0.15) is 5.75 Å². The van der Waals surface area contributed by atoms with Crippen LogP contribution in [-0.2, 0) is 5.92 Å². The summed E-state index contributed by atoms with van der Waals surface area (Å²) in [5, 5.41) is 28.3. The Balaban J connectivity index is 1.45. The molecule has 1 amide bonds. The van der Waals surface area contributed by atoms with Gasteiger partial charge in [-0.15, -0.1) is 0 Å². The average molecular weight is 488 g/mol. The van der Waals surface area contributed by atoms with Crippen LogP contribution in [0.4, 0.5) is 14.5 Å². The van der Waals surface area contributed by atoms with Crippen molar-refractivity contribution in [3.8, 4) is 5.75 Å². The number of aromatic nitrogens is 3. The Bertz CT molecular complexity index is 1240. The van der Waals surface area contributed by atoms with Crippen LogP contribution in [0.25, 0.3) is 10.9 Å². The Morgan fingerprint density at radius 2 is 1.97 bits per heavy atom. The maximum Gasteiger partial charge on any atom is 0.332 e. The minimum Gasteiger partial charge on any atom is -0.491 e. The van der Waals surface area contributed by atoms with Gasteiger partial charge in [0.2, 0.25) is 0 Å². The van der Waals surface area contributed by atoms with E-state index in [0.717, 1.165) is 50.0 Å². The van der Waals surface area contributed by atoms with Crippen LogP contribution in [0.3, 0.4) is 0 Å². The quantitative estimate of drug-likeness (QED) is 0.343. The lowest BCUT2D eigenvalue weighted by Crippen LogP contribution is -2.46. The molecule has 8 nitrogen and oxygen atoms in total. The third-order valence-electron chi connectivity index (χ3n) is 6.73. The molecule has 0 unspecified atom stereocenters. The Labute approximate surface area is 201 Å². The van der Waals surface area contributed by atoms with E-state index in [0.29, 0.717) is 36.4 Å². The number of alkyl halides is 2. The monoisotopic (exact) mass is 487 g/mol. The zero-order valence-electron chi connectivity index (χ0n) is 19.5. The summed E-state index contributed by atoms with van der Waals surface area (Å²) in [5.41, 5.74) is 0.0681. The number of hydrogen-bond donors (Lipinski definition) is 3. The minimum absolute atomic E-state index is 0.187. The van der Waals surface area contributed by atoms with Gasteiger partial charge < -0.3 is 15.2 Å². The Morgan fingerprint density at radius 3 is 2.66 bits per heavy atom. The second-order valence-electron chi connectivity index (χ2n) is 9.68. The molecule has 2 heterocycles. The van der Waals surface area contributed by atoms with Crippen LogP contribution >= 0.6 is 0 Å². The standard InChI is InChI=1S/C25H28F2N4O4/c1-25(26,27)23-4-2-3-21(31(23)34)24(33)28-20-11-16-13-30(17-7-9-18(32)10-8-17)29-19(16)12-22(20)35-14-15-5-6-15/h2-4,11-13,15,17-18,32H,5-10,14H2,1H3,(H-,28,33,34)/p+1. The summed E-state index contributed by atoms with van der Waals surface area (Å²) < 4.78 is 35.8. The van der Waals surface area contributed by atoms with Crippen molar-refractivity contribution in [3.05, 3.63) is 47.9 Å². The first-order chi connectivity index (χ1) is 16.7. The number of benzene rings is 1. The Morgan fingerprint density at radius 1 is 1.23 bits per heavy atom. The lowest BCUT2D eigenvalue weighted by Gasteiger charge is -2.25. The molecule has 0 aliphatic heterocycles. The first-order valence-electron chi connectivity index (χ1n) is 12.0. The van der Waals surface area contributed by atoms with Crippen molar-refractivity contribution < 1.29 is 33.4 Å². The maximum atomic E-state index is 13.8. The lowest BCUT2D eigenvalue weighted by molar-refractivity contribution is -0.914. The van der Waals surface area contributed by atoms with Gasteiger partial charge in [0.05, 0.1) is 30.0 Å². The van der Waals surface area contributed by atoms with Crippen molar-refractivity contribution in [2.24, 2.45) is 5.92 Å². The van der Waals surface area contributed by atoms with Gasteiger partial charge >= 0.3 is 23.2 Å². The molecule has 1 aromatic carbocycles. The smallest absolute Gasteiger partial charge is 0.332 e. The predicted molar refractivity (Wildman–Crippen MR) is 123 cm³/mol. The molecule has 2 aliphatic rings. The molecular weight excluding hydrogens is 458 g/mol. The van der Waals surface area contributed by atoms with E-state index in [1.165, 1.54) is 12.1 Å². The molecule has 3 aromatic rings. The molecule has 0 bridgehead atoms. The van der Waals surface area contributed by atoms with E-state index in [1.807, 2.05) is 10.9 Å². The molecule has 35 heavy (non-hydrogen) atoms. The van der Waals surface area contributed by atoms with E-state index in [2.05, 4.69) is 5.32 Å². The SMILES string of the molecule is CC(F)(F)c1cccc(C(=O)Nc2cc3cn(C4CCC(O)CC4)nc3cc2OCC2CC2)[n+]1O. The van der Waals surface area contributed by atoms with E-state index in [9.17, 15) is 23.9 Å². The van der Waals surface area contributed by atoms with Crippen molar-refractivity contribution in [2.75, 3.05) is 11.9 Å². The van der Waals surface area contributed by atoms with Crippen LogP contribution < -0.4 is 14.8 Å². The number of anilines is 1. The van der Waals surface area contributed by atoms with Crippen LogP contribution in [0.5, 0.6) is 5.75 Å². The van der Waals surface area contributed by atoms with Gasteiger partial charge in [0.15, 0.2) is 0 Å². The number of carbonyl (C=O) groups excluding carboxylic acids is 1. The van der Waals surface area contributed by atoms with E-state index in [-0.39, 0.29) is 22.6 Å². The number of rotatable bonds is 7. The molecule has 186 valence electrons. The number of nitrogens with one attached hydrogen (secondary N) is 1. The van der Waals surface area contributed by atoms with Gasteiger partial charge in [-0.3, -0.25) is 14.7 Å². The summed E-state index contributed by atoms with van der Waals surface area (Å²) in [5.74, 6) is -3.17. The average Bonchev–Trinajstić information content (AvgIpc) is 3.55. The Hall–Kier alpha value is -3.27. The number of nitrogens with zero attached hydrogens (tertiary/aromatic N) is 3. The number of carbonyl (C=O) groups is 1. The Kier molecular flexibility index (Phi) is 6.08. The highest BCUT2D eigenvalue weighted by molar-refractivity contribution is 6.04. The van der Waals surface area contributed by atoms with Gasteiger partial charge in [0.25, 0.3) is 0 Å². The molecule has 2 fully saturated rings. The molecule has 2 saturated carbocycles. The van der Waals surface area contributed by atoms with Crippen molar-refractivity contribution in [3.63, 3.8) is 0 Å². The van der Waals surface area contributed by atoms with Gasteiger partial charge in [-0.2, -0.15) is 13.9 Å². The summed E-state index contributed by atoms with van der Waals surface area (Å²) in [7, 11) is 0. The van der Waals surface area contributed by atoms with E-state index >= 15 is 0 Å². The van der Waals surface area contributed by atoms with Crippen LogP contribution in [-0.4, -0.2) is 38.7 Å². The number of halogens is 2. The van der Waals surface area contributed by atoms with Gasteiger partial charge in [-0.05, 0) is 56.6 Å². The molecule has 3 N–H and O–H groups in total. The van der Waals surface area contributed by atoms with Gasteiger partial charge in [0, 0.05) is 41.4 Å². The molecular formula is C25H29F2N4O4+. The van der Waals surface area contributed by atoms with Gasteiger partial charge in [-0.25, -0.2) is 0 Å². The normalized spacial score (nSPS) is 20.7. The third kappa shape index (κ3) is 5.07. The summed E-state index contributed by atoms with van der Waals surface area (Å²) in [6.07, 6.45) is 6.95. The fourth-order valence-corrected chi connectivity index (χ4v) is 4.48. The predicted octanol–water partition coefficient (Wildman–Crippen LogP) is 4.19. The summed E-state index contributed by atoms with van der Waals surface area (Å²) in [6, 6.07) is 7.33. The number of pyridine rings is 1. The second-order valence-corrected chi connectivity index (χ2v) is 9.68. The topological polar surface area (TPSA) is 100 Å². The highest BCUT2D eigenvalue weighted by Crippen LogP contribution is 2.36. The number of aliphatic hydroxyl groups excluding tert-OH is 1. The second kappa shape index (κ2) is 9.07. The molecule has 0 saturated heterocycles. The highest BCUT2D eigenvalue weighted by Gasteiger charge is 2.39. The van der Waals surface area contributed by atoms with Crippen LogP contribution in [0.15, 0.2) is 36.5 Å². The summed E-state index contributed by atoms with van der Waals surface area (Å²) >= 11 is 0. The minimum atomic E-state index is -3.33. The van der Waals surface area contributed by atoms with Crippen molar-refractivity contribution >= 4 is 22.5 Å². The van der Waals surface area contributed by atoms with Crippen LogP contribution in [0.2, 0.25) is 0 Å². The molecule has 2 aromatic heterocycles. The molecule has 10 heteroatoms.